The molecule has 0 atom stereocenters. The number of nitrogens with zero attached hydrogens (tertiary/aromatic N) is 2. The fourth-order valence-corrected chi connectivity index (χ4v) is 3.11. The van der Waals surface area contributed by atoms with E-state index in [2.05, 4.69) is 20.2 Å². The number of rotatable bonds is 2. The lowest BCUT2D eigenvalue weighted by Gasteiger charge is -2.36. The smallest absolute Gasteiger partial charge is 0.323 e. The average Bonchev–Trinajstić information content (AvgIpc) is 3.02. The van der Waals surface area contributed by atoms with Crippen molar-refractivity contribution in [3.63, 3.8) is 0 Å². The van der Waals surface area contributed by atoms with Crippen molar-refractivity contribution in [2.45, 2.75) is 0 Å². The molecule has 0 bridgehead atoms. The van der Waals surface area contributed by atoms with Crippen LogP contribution < -0.4 is 15.9 Å². The fourth-order valence-electron chi connectivity index (χ4n) is 3.11. The normalized spacial score (nSPS) is 14.7. The SMILES string of the molecule is O=C(Nc1ccccc1)N1CCN(c2ccc3[nH]c(=O)[nH]c3c2)CC1. The van der Waals surface area contributed by atoms with Crippen LogP contribution in [0.1, 0.15) is 0 Å². The van der Waals surface area contributed by atoms with Gasteiger partial charge in [-0.1, -0.05) is 18.2 Å². The van der Waals surface area contributed by atoms with E-state index in [0.29, 0.717) is 13.1 Å². The number of amides is 2. The van der Waals surface area contributed by atoms with Gasteiger partial charge >= 0.3 is 11.7 Å². The third-order valence-corrected chi connectivity index (χ3v) is 4.46. The molecule has 4 rings (SSSR count). The van der Waals surface area contributed by atoms with Crippen molar-refractivity contribution in [2.24, 2.45) is 0 Å². The Morgan fingerprint density at radius 2 is 1.64 bits per heavy atom. The van der Waals surface area contributed by atoms with Crippen LogP contribution in [0.25, 0.3) is 11.0 Å². The summed E-state index contributed by atoms with van der Waals surface area (Å²) in [6.07, 6.45) is 0. The average molecular weight is 337 g/mol. The van der Waals surface area contributed by atoms with Gasteiger partial charge in [0.15, 0.2) is 0 Å². The first-order valence-corrected chi connectivity index (χ1v) is 8.27. The number of imidazole rings is 1. The predicted molar refractivity (Wildman–Crippen MR) is 98.2 cm³/mol. The highest BCUT2D eigenvalue weighted by atomic mass is 16.2. The summed E-state index contributed by atoms with van der Waals surface area (Å²) in [6.45, 7) is 2.81. The standard InChI is InChI=1S/C18H19N5O2/c24-17-20-15-7-6-14(12-16(15)21-17)22-8-10-23(11-9-22)18(25)19-13-4-2-1-3-5-13/h1-7,12H,8-11H2,(H,19,25)(H2,20,21,24). The maximum absolute atomic E-state index is 12.3. The summed E-state index contributed by atoms with van der Waals surface area (Å²) in [4.78, 5) is 33.3. The molecule has 7 heteroatoms. The highest BCUT2D eigenvalue weighted by Gasteiger charge is 2.21. The summed E-state index contributed by atoms with van der Waals surface area (Å²) in [6, 6.07) is 15.3. The van der Waals surface area contributed by atoms with E-state index >= 15 is 0 Å². The van der Waals surface area contributed by atoms with Crippen LogP contribution in [-0.2, 0) is 0 Å². The topological polar surface area (TPSA) is 84.2 Å². The molecular weight excluding hydrogens is 318 g/mol. The summed E-state index contributed by atoms with van der Waals surface area (Å²) in [7, 11) is 0. The van der Waals surface area contributed by atoms with Crippen LogP contribution in [0.15, 0.2) is 53.3 Å². The van der Waals surface area contributed by atoms with Gasteiger partial charge in [0.25, 0.3) is 0 Å². The number of aromatic amines is 2. The third-order valence-electron chi connectivity index (χ3n) is 4.46. The Kier molecular flexibility index (Phi) is 3.89. The maximum atomic E-state index is 12.3. The van der Waals surface area contributed by atoms with Gasteiger partial charge in [0, 0.05) is 37.6 Å². The molecule has 0 spiro atoms. The largest absolute Gasteiger partial charge is 0.368 e. The summed E-state index contributed by atoms with van der Waals surface area (Å²) in [5.41, 5.74) is 3.25. The molecule has 1 fully saturated rings. The second-order valence-electron chi connectivity index (χ2n) is 6.08. The van der Waals surface area contributed by atoms with E-state index in [-0.39, 0.29) is 11.7 Å². The van der Waals surface area contributed by atoms with Crippen molar-refractivity contribution in [1.82, 2.24) is 14.9 Å². The monoisotopic (exact) mass is 337 g/mol. The van der Waals surface area contributed by atoms with Gasteiger partial charge in [-0.15, -0.1) is 0 Å². The number of urea groups is 1. The minimum atomic E-state index is -0.199. The van der Waals surface area contributed by atoms with E-state index in [9.17, 15) is 9.59 Å². The quantitative estimate of drug-likeness (QED) is 0.670. The Hall–Kier alpha value is -3.22. The van der Waals surface area contributed by atoms with Gasteiger partial charge in [0.2, 0.25) is 0 Å². The highest BCUT2D eigenvalue weighted by Crippen LogP contribution is 2.20. The molecule has 1 aliphatic heterocycles. The molecule has 128 valence electrons. The molecule has 1 saturated heterocycles. The van der Waals surface area contributed by atoms with Gasteiger partial charge < -0.3 is 25.1 Å². The predicted octanol–water partition coefficient (Wildman–Crippen LogP) is 2.21. The zero-order valence-corrected chi connectivity index (χ0v) is 13.7. The minimum absolute atomic E-state index is 0.0729. The lowest BCUT2D eigenvalue weighted by Crippen LogP contribution is -2.50. The molecule has 7 nitrogen and oxygen atoms in total. The molecule has 1 aliphatic rings. The van der Waals surface area contributed by atoms with E-state index in [0.717, 1.165) is 35.5 Å². The number of aromatic nitrogens is 2. The molecule has 2 heterocycles. The Bertz CT molecular complexity index is 939. The molecule has 1 aromatic heterocycles. The van der Waals surface area contributed by atoms with E-state index in [1.54, 1.807) is 0 Å². The number of hydrogen-bond donors (Lipinski definition) is 3. The van der Waals surface area contributed by atoms with Crippen LogP contribution in [0.3, 0.4) is 0 Å². The lowest BCUT2D eigenvalue weighted by atomic mass is 10.2. The highest BCUT2D eigenvalue weighted by molar-refractivity contribution is 5.89. The molecule has 3 N–H and O–H groups in total. The molecule has 25 heavy (non-hydrogen) atoms. The van der Waals surface area contributed by atoms with Crippen molar-refractivity contribution in [3.8, 4) is 0 Å². The number of nitrogens with one attached hydrogen (secondary N) is 3. The zero-order valence-electron chi connectivity index (χ0n) is 13.7. The number of carbonyl (C=O) groups is 1. The molecule has 0 unspecified atom stereocenters. The summed E-state index contributed by atoms with van der Waals surface area (Å²) in [5, 5.41) is 2.92. The van der Waals surface area contributed by atoms with Gasteiger partial charge in [-0.2, -0.15) is 0 Å². The Balaban J connectivity index is 1.40. The Morgan fingerprint density at radius 3 is 2.40 bits per heavy atom. The molecule has 0 radical (unpaired) electrons. The van der Waals surface area contributed by atoms with Crippen molar-refractivity contribution in [2.75, 3.05) is 36.4 Å². The number of anilines is 2. The number of H-pyrrole nitrogens is 2. The molecule has 0 saturated carbocycles. The number of benzene rings is 2. The molecular formula is C18H19N5O2. The maximum Gasteiger partial charge on any atom is 0.323 e. The molecule has 2 amide bonds. The van der Waals surface area contributed by atoms with E-state index in [1.165, 1.54) is 0 Å². The van der Waals surface area contributed by atoms with Crippen LogP contribution in [0, 0.1) is 0 Å². The van der Waals surface area contributed by atoms with Crippen molar-refractivity contribution in [3.05, 3.63) is 59.0 Å². The summed E-state index contributed by atoms with van der Waals surface area (Å²) < 4.78 is 0. The van der Waals surface area contributed by atoms with Crippen LogP contribution in [0.2, 0.25) is 0 Å². The van der Waals surface area contributed by atoms with E-state index < -0.39 is 0 Å². The Morgan fingerprint density at radius 1 is 0.920 bits per heavy atom. The van der Waals surface area contributed by atoms with Crippen molar-refractivity contribution < 1.29 is 4.79 Å². The van der Waals surface area contributed by atoms with Gasteiger partial charge in [-0.05, 0) is 30.3 Å². The molecule has 0 aliphatic carbocycles. The molecule has 3 aromatic rings. The second-order valence-corrected chi connectivity index (χ2v) is 6.08. The first-order valence-electron chi connectivity index (χ1n) is 8.27. The third kappa shape index (κ3) is 3.21. The van der Waals surface area contributed by atoms with Crippen molar-refractivity contribution in [1.29, 1.82) is 0 Å². The number of piperazine rings is 1. The van der Waals surface area contributed by atoms with Gasteiger partial charge in [0.1, 0.15) is 0 Å². The van der Waals surface area contributed by atoms with Gasteiger partial charge in [-0.3, -0.25) is 0 Å². The van der Waals surface area contributed by atoms with Gasteiger partial charge in [-0.25, -0.2) is 9.59 Å². The van der Waals surface area contributed by atoms with E-state index in [1.807, 2.05) is 53.4 Å². The fraction of sp³-hybridized carbons (Fsp3) is 0.222. The summed E-state index contributed by atoms with van der Waals surface area (Å²) in [5.74, 6) is 0. The van der Waals surface area contributed by atoms with Crippen LogP contribution in [0.5, 0.6) is 0 Å². The first-order chi connectivity index (χ1) is 12.2. The number of carbonyl (C=O) groups excluding carboxylic acids is 1. The zero-order chi connectivity index (χ0) is 17.2. The second kappa shape index (κ2) is 6.35. The van der Waals surface area contributed by atoms with Crippen molar-refractivity contribution >= 4 is 28.4 Å². The summed E-state index contributed by atoms with van der Waals surface area (Å²) >= 11 is 0. The number of para-hydroxylation sites is 1. The van der Waals surface area contributed by atoms with Crippen LogP contribution in [-0.4, -0.2) is 47.1 Å². The van der Waals surface area contributed by atoms with Crippen LogP contribution >= 0.6 is 0 Å². The Labute approximate surface area is 144 Å². The number of fused-ring (bicyclic) bond motifs is 1. The first kappa shape index (κ1) is 15.3. The van der Waals surface area contributed by atoms with E-state index in [4.69, 9.17) is 0 Å². The van der Waals surface area contributed by atoms with Gasteiger partial charge in [0.05, 0.1) is 11.0 Å². The number of hydrogen-bond acceptors (Lipinski definition) is 3. The van der Waals surface area contributed by atoms with Crippen LogP contribution in [0.4, 0.5) is 16.2 Å². The lowest BCUT2D eigenvalue weighted by molar-refractivity contribution is 0.208. The minimum Gasteiger partial charge on any atom is -0.368 e. The molecule has 2 aromatic carbocycles.